The molecule has 0 radical (unpaired) electrons. The topological polar surface area (TPSA) is 122 Å². The van der Waals surface area contributed by atoms with Crippen molar-refractivity contribution in [3.05, 3.63) is 35.9 Å². The number of nitrogens with zero attached hydrogens (tertiary/aromatic N) is 2. The maximum atomic E-state index is 13.9. The summed E-state index contributed by atoms with van der Waals surface area (Å²) in [5.41, 5.74) is 0.897. The number of terminal acetylenes is 2. The number of carbonyl (C=O) groups excluding carboxylic acids is 3. The number of nitrogens with one attached hydrogen (secondary N) is 2. The number of aliphatic hydroxyl groups excluding tert-OH is 2. The summed E-state index contributed by atoms with van der Waals surface area (Å²) in [6.45, 7) is 8.88. The smallest absolute Gasteiger partial charge is 0.244 e. The third kappa shape index (κ3) is 13.7. The number of aliphatic hydroxyl groups is 2. The van der Waals surface area contributed by atoms with E-state index >= 15 is 0 Å². The molecule has 47 heavy (non-hydrogen) atoms. The van der Waals surface area contributed by atoms with E-state index in [4.69, 9.17) is 12.8 Å². The molecule has 1 aromatic carbocycles. The standard InChI is InChI=1S/C38H58N4O5/c1-7-11-22-33(43)36(45)32(26-30-20-16-13-17-21-30)39-38(47)35(28(5)8-2)40-37(46)31(25-29-18-14-12-15-19-29)27-34(44)41(6)23-24-42(9-3)10-4/h1-2,12,14-15,18-19,28,30-33,35-36,43,45H,9-11,13,16-17,20-27H2,3-6H3,(H,39,47)(H,40,46)/t28?,31?,32?,33?,35-,36+/m0/s1. The molecule has 1 fully saturated rings. The normalized spacial score (nSPS) is 17.3. The van der Waals surface area contributed by atoms with Crippen LogP contribution in [0.4, 0.5) is 0 Å². The van der Waals surface area contributed by atoms with E-state index < -0.39 is 47.9 Å². The minimum absolute atomic E-state index is 0.0291. The van der Waals surface area contributed by atoms with Crippen molar-refractivity contribution in [3.8, 4) is 24.7 Å². The minimum Gasteiger partial charge on any atom is -0.390 e. The fraction of sp³-hybridized carbons (Fsp3) is 0.658. The van der Waals surface area contributed by atoms with Crippen LogP contribution < -0.4 is 10.6 Å². The van der Waals surface area contributed by atoms with Crippen molar-refractivity contribution < 1.29 is 24.6 Å². The van der Waals surface area contributed by atoms with Gasteiger partial charge in [-0.25, -0.2) is 0 Å². The third-order valence-corrected chi connectivity index (χ3v) is 9.56. The highest BCUT2D eigenvalue weighted by molar-refractivity contribution is 5.91. The Kier molecular flexibility index (Phi) is 18.2. The van der Waals surface area contributed by atoms with E-state index in [0.29, 0.717) is 31.7 Å². The fourth-order valence-corrected chi connectivity index (χ4v) is 6.27. The second-order valence-corrected chi connectivity index (χ2v) is 13.0. The van der Waals surface area contributed by atoms with Crippen LogP contribution in [0.15, 0.2) is 30.3 Å². The molecule has 1 aliphatic rings. The lowest BCUT2D eigenvalue weighted by Crippen LogP contribution is -2.57. The Bertz CT molecular complexity index is 1170. The molecule has 0 bridgehead atoms. The molecule has 2 rings (SSSR count). The number of carbonyl (C=O) groups is 3. The van der Waals surface area contributed by atoms with Gasteiger partial charge in [-0.3, -0.25) is 14.4 Å². The van der Waals surface area contributed by atoms with Gasteiger partial charge in [-0.1, -0.05) is 76.3 Å². The lowest BCUT2D eigenvalue weighted by Gasteiger charge is -2.34. The quantitative estimate of drug-likeness (QED) is 0.161. The van der Waals surface area contributed by atoms with Gasteiger partial charge in [0.05, 0.1) is 18.1 Å². The Hall–Kier alpha value is -3.37. The molecular formula is C38H58N4O5. The predicted molar refractivity (Wildman–Crippen MR) is 187 cm³/mol. The monoisotopic (exact) mass is 650 g/mol. The van der Waals surface area contributed by atoms with E-state index in [-0.39, 0.29) is 18.7 Å². The van der Waals surface area contributed by atoms with E-state index in [1.165, 1.54) is 0 Å². The van der Waals surface area contributed by atoms with Crippen molar-refractivity contribution >= 4 is 17.7 Å². The summed E-state index contributed by atoms with van der Waals surface area (Å²) in [4.78, 5) is 45.0. The maximum absolute atomic E-state index is 13.9. The molecule has 4 unspecified atom stereocenters. The predicted octanol–water partition coefficient (Wildman–Crippen LogP) is 3.38. The highest BCUT2D eigenvalue weighted by atomic mass is 16.3. The van der Waals surface area contributed by atoms with Crippen molar-refractivity contribution in [2.75, 3.05) is 33.2 Å². The first-order valence-corrected chi connectivity index (χ1v) is 17.4. The van der Waals surface area contributed by atoms with Crippen LogP contribution >= 0.6 is 0 Å². The van der Waals surface area contributed by atoms with Crippen molar-refractivity contribution in [3.63, 3.8) is 0 Å². The third-order valence-electron chi connectivity index (χ3n) is 9.56. The zero-order valence-corrected chi connectivity index (χ0v) is 29.0. The van der Waals surface area contributed by atoms with Gasteiger partial charge in [-0.05, 0) is 50.8 Å². The Morgan fingerprint density at radius 1 is 0.979 bits per heavy atom. The van der Waals surface area contributed by atoms with Crippen molar-refractivity contribution in [1.29, 1.82) is 0 Å². The second kappa shape index (κ2) is 21.5. The molecular weight excluding hydrogens is 592 g/mol. The van der Waals surface area contributed by atoms with Gasteiger partial charge in [0.25, 0.3) is 0 Å². The summed E-state index contributed by atoms with van der Waals surface area (Å²) in [7, 11) is 1.75. The Balaban J connectivity index is 2.26. The van der Waals surface area contributed by atoms with E-state index in [9.17, 15) is 24.6 Å². The van der Waals surface area contributed by atoms with Crippen LogP contribution in [-0.4, -0.2) is 95.3 Å². The van der Waals surface area contributed by atoms with Crippen LogP contribution in [0.25, 0.3) is 0 Å². The van der Waals surface area contributed by atoms with Crippen LogP contribution in [0.3, 0.4) is 0 Å². The number of benzene rings is 1. The number of rotatable bonds is 20. The highest BCUT2D eigenvalue weighted by Crippen LogP contribution is 2.29. The molecule has 6 atom stereocenters. The molecule has 0 heterocycles. The van der Waals surface area contributed by atoms with E-state index in [0.717, 1.165) is 57.3 Å². The molecule has 1 aliphatic carbocycles. The molecule has 4 N–H and O–H groups in total. The van der Waals surface area contributed by atoms with E-state index in [2.05, 4.69) is 41.2 Å². The Morgan fingerprint density at radius 3 is 2.23 bits per heavy atom. The molecule has 260 valence electrons. The molecule has 0 aliphatic heterocycles. The average molecular weight is 651 g/mol. The van der Waals surface area contributed by atoms with E-state index in [1.807, 2.05) is 30.3 Å². The SMILES string of the molecule is C#CCCC(O)[C@H](O)C(CC1CCCCC1)NC(=O)[C@@H](NC(=O)C(CC(=O)N(C)CCN(CC)CC)Cc1ccccc1)C(C)C#C. The molecule has 0 saturated heterocycles. The number of likely N-dealkylation sites (N-methyl/N-ethyl adjacent to an activating group) is 2. The van der Waals surface area contributed by atoms with Crippen LogP contribution in [0.1, 0.15) is 84.1 Å². The number of amides is 3. The lowest BCUT2D eigenvalue weighted by molar-refractivity contribution is -0.137. The van der Waals surface area contributed by atoms with Crippen LogP contribution in [-0.2, 0) is 20.8 Å². The zero-order chi connectivity index (χ0) is 34.8. The zero-order valence-electron chi connectivity index (χ0n) is 29.0. The fourth-order valence-electron chi connectivity index (χ4n) is 6.27. The van der Waals surface area contributed by atoms with Gasteiger partial charge in [0.1, 0.15) is 12.1 Å². The summed E-state index contributed by atoms with van der Waals surface area (Å²) in [5.74, 6) is 2.81. The first kappa shape index (κ1) is 39.8. The average Bonchev–Trinajstić information content (AvgIpc) is 3.09. The lowest BCUT2D eigenvalue weighted by atomic mass is 9.82. The van der Waals surface area contributed by atoms with Gasteiger partial charge in [0, 0.05) is 38.9 Å². The molecule has 0 spiro atoms. The minimum atomic E-state index is -1.23. The maximum Gasteiger partial charge on any atom is 0.244 e. The first-order chi connectivity index (χ1) is 22.5. The van der Waals surface area contributed by atoms with Crippen molar-refractivity contribution in [2.45, 2.75) is 109 Å². The van der Waals surface area contributed by atoms with Gasteiger partial charge in [0.15, 0.2) is 0 Å². The van der Waals surface area contributed by atoms with Gasteiger partial charge >= 0.3 is 0 Å². The summed E-state index contributed by atoms with van der Waals surface area (Å²) < 4.78 is 0. The molecule has 9 nitrogen and oxygen atoms in total. The Morgan fingerprint density at radius 2 is 1.64 bits per heavy atom. The summed E-state index contributed by atoms with van der Waals surface area (Å²) >= 11 is 0. The second-order valence-electron chi connectivity index (χ2n) is 13.0. The number of hydrogen-bond donors (Lipinski definition) is 4. The van der Waals surface area contributed by atoms with Gasteiger partial charge in [0.2, 0.25) is 17.7 Å². The molecule has 9 heteroatoms. The summed E-state index contributed by atoms with van der Waals surface area (Å²) in [6, 6.07) is 7.62. The van der Waals surface area contributed by atoms with Crippen LogP contribution in [0, 0.1) is 42.4 Å². The molecule has 3 amide bonds. The van der Waals surface area contributed by atoms with Crippen LogP contribution in [0.2, 0.25) is 0 Å². The van der Waals surface area contributed by atoms with Crippen molar-refractivity contribution in [1.82, 2.24) is 20.4 Å². The Labute approximate surface area is 283 Å². The summed E-state index contributed by atoms with van der Waals surface area (Å²) in [6.07, 6.45) is 15.4. The van der Waals surface area contributed by atoms with E-state index in [1.54, 1.807) is 18.9 Å². The molecule has 1 aromatic rings. The number of hydrogen-bond acceptors (Lipinski definition) is 6. The van der Waals surface area contributed by atoms with Crippen molar-refractivity contribution in [2.24, 2.45) is 17.8 Å². The molecule has 1 saturated carbocycles. The van der Waals surface area contributed by atoms with Crippen LogP contribution in [0.5, 0.6) is 0 Å². The largest absolute Gasteiger partial charge is 0.390 e. The first-order valence-electron chi connectivity index (χ1n) is 17.4. The van der Waals surface area contributed by atoms with Gasteiger partial charge < -0.3 is 30.6 Å². The summed E-state index contributed by atoms with van der Waals surface area (Å²) in [5, 5.41) is 27.7. The molecule has 0 aromatic heterocycles. The van der Waals surface area contributed by atoms with Gasteiger partial charge in [-0.15, -0.1) is 24.7 Å². The van der Waals surface area contributed by atoms with Gasteiger partial charge in [-0.2, -0.15) is 0 Å². The highest BCUT2D eigenvalue weighted by Gasteiger charge is 2.35.